The third kappa shape index (κ3) is 1.32. The highest BCUT2D eigenvalue weighted by atomic mass is 79.9. The minimum absolute atomic E-state index is 0.158. The zero-order valence-electron chi connectivity index (χ0n) is 5.93. The van der Waals surface area contributed by atoms with Crippen molar-refractivity contribution in [2.24, 2.45) is 0 Å². The van der Waals surface area contributed by atoms with Gasteiger partial charge in [0.05, 0.1) is 0 Å². The summed E-state index contributed by atoms with van der Waals surface area (Å²) in [5.74, 6) is 0.158. The van der Waals surface area contributed by atoms with Gasteiger partial charge in [-0.1, -0.05) is 34.1 Å². The lowest BCUT2D eigenvalue weighted by atomic mass is 10.1. The van der Waals surface area contributed by atoms with Gasteiger partial charge in [-0.05, 0) is 18.1 Å². The van der Waals surface area contributed by atoms with Gasteiger partial charge in [-0.25, -0.2) is 4.39 Å². The van der Waals surface area contributed by atoms with Crippen LogP contribution in [0.4, 0.5) is 4.39 Å². The molecule has 2 heteroatoms. The molecule has 0 bridgehead atoms. The molecule has 2 atom stereocenters. The van der Waals surface area contributed by atoms with E-state index in [0.29, 0.717) is 6.42 Å². The fourth-order valence-electron chi connectivity index (χ4n) is 1.26. The van der Waals surface area contributed by atoms with Crippen LogP contribution in [-0.2, 0) is 0 Å². The van der Waals surface area contributed by atoms with Crippen molar-refractivity contribution >= 4 is 15.9 Å². The molecule has 0 aliphatic heterocycles. The van der Waals surface area contributed by atoms with Crippen molar-refractivity contribution in [2.45, 2.75) is 18.5 Å². The summed E-state index contributed by atoms with van der Waals surface area (Å²) in [6, 6.07) is 7.84. The van der Waals surface area contributed by atoms with Crippen molar-refractivity contribution in [1.29, 1.82) is 0 Å². The smallest absolute Gasteiger partial charge is 0.108 e. The number of alkyl halides is 1. The molecular formula is C9H8BrF. The lowest BCUT2D eigenvalue weighted by Gasteiger charge is -1.99. The van der Waals surface area contributed by atoms with E-state index in [4.69, 9.17) is 0 Å². The minimum Gasteiger partial charge on any atom is -0.247 e. The van der Waals surface area contributed by atoms with Crippen LogP contribution in [0.1, 0.15) is 17.9 Å². The first-order valence-electron chi connectivity index (χ1n) is 3.67. The highest BCUT2D eigenvalue weighted by molar-refractivity contribution is 9.10. The summed E-state index contributed by atoms with van der Waals surface area (Å²) >= 11 is 3.40. The molecule has 0 heterocycles. The number of halogens is 2. The molecule has 1 aromatic carbocycles. The predicted molar refractivity (Wildman–Crippen MR) is 46.4 cm³/mol. The van der Waals surface area contributed by atoms with Gasteiger partial charge in [-0.2, -0.15) is 0 Å². The Labute approximate surface area is 73.6 Å². The summed E-state index contributed by atoms with van der Waals surface area (Å²) in [4.78, 5) is 0. The van der Waals surface area contributed by atoms with Crippen LogP contribution in [0.3, 0.4) is 0 Å². The molecule has 0 N–H and O–H groups in total. The molecule has 2 unspecified atom stereocenters. The van der Waals surface area contributed by atoms with E-state index in [9.17, 15) is 4.39 Å². The van der Waals surface area contributed by atoms with Gasteiger partial charge in [0.15, 0.2) is 0 Å². The molecule has 0 radical (unpaired) electrons. The van der Waals surface area contributed by atoms with Crippen LogP contribution >= 0.6 is 15.9 Å². The van der Waals surface area contributed by atoms with E-state index in [1.807, 2.05) is 24.3 Å². The van der Waals surface area contributed by atoms with E-state index in [1.165, 1.54) is 0 Å². The molecular weight excluding hydrogens is 207 g/mol. The molecule has 0 saturated heterocycles. The van der Waals surface area contributed by atoms with Gasteiger partial charge in [0.25, 0.3) is 0 Å². The summed E-state index contributed by atoms with van der Waals surface area (Å²) in [6.45, 7) is 0. The molecule has 1 fully saturated rings. The molecule has 1 aromatic rings. The fourth-order valence-corrected chi connectivity index (χ4v) is 1.84. The summed E-state index contributed by atoms with van der Waals surface area (Å²) in [6.07, 6.45) is 0.0940. The Bertz CT molecular complexity index is 272. The van der Waals surface area contributed by atoms with E-state index >= 15 is 0 Å². The van der Waals surface area contributed by atoms with Gasteiger partial charge in [-0.15, -0.1) is 0 Å². The maximum absolute atomic E-state index is 12.6. The van der Waals surface area contributed by atoms with Crippen LogP contribution in [0.25, 0.3) is 0 Å². The first kappa shape index (κ1) is 7.29. The lowest BCUT2D eigenvalue weighted by molar-refractivity contribution is 0.468. The number of hydrogen-bond donors (Lipinski definition) is 0. The molecule has 0 spiro atoms. The van der Waals surface area contributed by atoms with Gasteiger partial charge in [0, 0.05) is 10.4 Å². The van der Waals surface area contributed by atoms with Crippen LogP contribution in [-0.4, -0.2) is 6.17 Å². The van der Waals surface area contributed by atoms with Crippen LogP contribution in [0.5, 0.6) is 0 Å². The highest BCUT2D eigenvalue weighted by Crippen LogP contribution is 2.45. The first-order chi connectivity index (χ1) is 5.29. The average Bonchev–Trinajstić information content (AvgIpc) is 2.68. The molecule has 1 saturated carbocycles. The summed E-state index contributed by atoms with van der Waals surface area (Å²) in [5, 5.41) is 0. The monoisotopic (exact) mass is 214 g/mol. The Morgan fingerprint density at radius 2 is 2.00 bits per heavy atom. The van der Waals surface area contributed by atoms with Gasteiger partial charge >= 0.3 is 0 Å². The standard InChI is InChI=1S/C9H8BrF/c10-8-4-2-1-3-6(8)7-5-9(7)11/h1-4,7,9H,5H2. The highest BCUT2D eigenvalue weighted by Gasteiger charge is 2.39. The Balaban J connectivity index is 2.31. The fraction of sp³-hybridized carbons (Fsp3) is 0.333. The topological polar surface area (TPSA) is 0 Å². The van der Waals surface area contributed by atoms with Crippen LogP contribution in [0, 0.1) is 0 Å². The van der Waals surface area contributed by atoms with E-state index < -0.39 is 6.17 Å². The second-order valence-corrected chi connectivity index (χ2v) is 3.73. The minimum atomic E-state index is -0.603. The maximum atomic E-state index is 12.6. The van der Waals surface area contributed by atoms with Gasteiger partial charge in [-0.3, -0.25) is 0 Å². The van der Waals surface area contributed by atoms with E-state index in [0.717, 1.165) is 10.0 Å². The van der Waals surface area contributed by atoms with Crippen molar-refractivity contribution < 1.29 is 4.39 Å². The number of rotatable bonds is 1. The van der Waals surface area contributed by atoms with Crippen LogP contribution in [0.15, 0.2) is 28.7 Å². The molecule has 11 heavy (non-hydrogen) atoms. The SMILES string of the molecule is FC1CC1c1ccccc1Br. The predicted octanol–water partition coefficient (Wildman–Crippen LogP) is 3.27. The summed E-state index contributed by atoms with van der Waals surface area (Å²) in [7, 11) is 0. The normalized spacial score (nSPS) is 28.5. The van der Waals surface area contributed by atoms with E-state index in [-0.39, 0.29) is 5.92 Å². The number of hydrogen-bond acceptors (Lipinski definition) is 0. The Hall–Kier alpha value is -0.370. The summed E-state index contributed by atoms with van der Waals surface area (Å²) < 4.78 is 13.7. The average molecular weight is 215 g/mol. The van der Waals surface area contributed by atoms with Crippen molar-refractivity contribution in [3.63, 3.8) is 0 Å². The second-order valence-electron chi connectivity index (χ2n) is 2.88. The zero-order valence-corrected chi connectivity index (χ0v) is 7.51. The maximum Gasteiger partial charge on any atom is 0.108 e. The molecule has 0 aromatic heterocycles. The Kier molecular flexibility index (Phi) is 1.72. The Morgan fingerprint density at radius 1 is 1.36 bits per heavy atom. The molecule has 2 rings (SSSR count). The quantitative estimate of drug-likeness (QED) is 0.674. The van der Waals surface area contributed by atoms with Crippen molar-refractivity contribution in [3.8, 4) is 0 Å². The van der Waals surface area contributed by atoms with E-state index in [1.54, 1.807) is 0 Å². The van der Waals surface area contributed by atoms with Crippen molar-refractivity contribution in [2.75, 3.05) is 0 Å². The van der Waals surface area contributed by atoms with Gasteiger partial charge in [0.1, 0.15) is 6.17 Å². The lowest BCUT2D eigenvalue weighted by Crippen LogP contribution is -1.83. The van der Waals surface area contributed by atoms with Crippen molar-refractivity contribution in [3.05, 3.63) is 34.3 Å². The van der Waals surface area contributed by atoms with Crippen LogP contribution < -0.4 is 0 Å². The molecule has 0 nitrogen and oxygen atoms in total. The van der Waals surface area contributed by atoms with E-state index in [2.05, 4.69) is 15.9 Å². The van der Waals surface area contributed by atoms with Crippen molar-refractivity contribution in [1.82, 2.24) is 0 Å². The molecule has 1 aliphatic rings. The third-order valence-corrected chi connectivity index (χ3v) is 2.74. The van der Waals surface area contributed by atoms with Gasteiger partial charge in [0.2, 0.25) is 0 Å². The third-order valence-electron chi connectivity index (χ3n) is 2.02. The molecule has 58 valence electrons. The van der Waals surface area contributed by atoms with Crippen LogP contribution in [0.2, 0.25) is 0 Å². The molecule has 0 amide bonds. The largest absolute Gasteiger partial charge is 0.247 e. The number of benzene rings is 1. The summed E-state index contributed by atoms with van der Waals surface area (Å²) in [5.41, 5.74) is 1.11. The zero-order chi connectivity index (χ0) is 7.84. The Morgan fingerprint density at radius 3 is 2.55 bits per heavy atom. The first-order valence-corrected chi connectivity index (χ1v) is 4.47. The second kappa shape index (κ2) is 2.59. The molecule has 1 aliphatic carbocycles. The van der Waals surface area contributed by atoms with Gasteiger partial charge < -0.3 is 0 Å².